The number of likely N-dealkylation sites (tertiary alicyclic amines) is 1. The summed E-state index contributed by atoms with van der Waals surface area (Å²) in [5, 5.41) is 21.3. The third kappa shape index (κ3) is 5.03. The molecule has 0 aromatic heterocycles. The van der Waals surface area contributed by atoms with E-state index in [0.717, 1.165) is 16.7 Å². The average Bonchev–Trinajstić information content (AvgIpc) is 3.28. The Bertz CT molecular complexity index is 1370. The van der Waals surface area contributed by atoms with E-state index in [2.05, 4.69) is 0 Å². The summed E-state index contributed by atoms with van der Waals surface area (Å²) in [5.74, 6) is -1.95. The summed E-state index contributed by atoms with van der Waals surface area (Å²) in [6.45, 7) is 2.75. The minimum absolute atomic E-state index is 0.0574. The molecule has 1 saturated heterocycles. The molecule has 0 bridgehead atoms. The van der Waals surface area contributed by atoms with E-state index >= 15 is 0 Å². The van der Waals surface area contributed by atoms with Crippen LogP contribution in [0.2, 0.25) is 5.02 Å². The van der Waals surface area contributed by atoms with Gasteiger partial charge in [0, 0.05) is 23.0 Å². The van der Waals surface area contributed by atoms with Crippen molar-refractivity contribution < 1.29 is 37.4 Å². The highest BCUT2D eigenvalue weighted by Gasteiger charge is 2.57. The smallest absolute Gasteiger partial charge is 0.426 e. The van der Waals surface area contributed by atoms with Gasteiger partial charge in [0.2, 0.25) is 5.67 Å². The molecule has 3 unspecified atom stereocenters. The maximum Gasteiger partial charge on any atom is 0.426 e. The zero-order chi connectivity index (χ0) is 30.0. The maximum absolute atomic E-state index is 14.9. The van der Waals surface area contributed by atoms with Gasteiger partial charge >= 0.3 is 12.1 Å². The molecule has 222 valence electrons. The highest BCUT2D eigenvalue weighted by molar-refractivity contribution is 6.31. The van der Waals surface area contributed by atoms with Crippen LogP contribution in [0.15, 0.2) is 36.4 Å². The Morgan fingerprint density at radius 3 is 2.34 bits per heavy atom. The number of nitrogens with zero attached hydrogens (tertiary/aromatic N) is 1. The normalized spacial score (nSPS) is 29.4. The molecule has 2 fully saturated rings. The van der Waals surface area contributed by atoms with Crippen molar-refractivity contribution in [2.75, 3.05) is 6.54 Å². The van der Waals surface area contributed by atoms with E-state index in [9.17, 15) is 37.4 Å². The predicted molar refractivity (Wildman–Crippen MR) is 146 cm³/mol. The first kappa shape index (κ1) is 29.8. The van der Waals surface area contributed by atoms with E-state index in [1.54, 1.807) is 17.0 Å². The van der Waals surface area contributed by atoms with Gasteiger partial charge in [-0.15, -0.1) is 0 Å². The van der Waals surface area contributed by atoms with E-state index in [-0.39, 0.29) is 31.7 Å². The van der Waals surface area contributed by atoms with E-state index in [4.69, 9.17) is 11.6 Å². The summed E-state index contributed by atoms with van der Waals surface area (Å²) < 4.78 is 55.5. The highest BCUT2D eigenvalue weighted by Crippen LogP contribution is 2.52. The number of halogens is 5. The molecule has 1 heterocycles. The van der Waals surface area contributed by atoms with Gasteiger partial charge in [0.1, 0.15) is 5.60 Å². The number of hydrogen-bond acceptors (Lipinski definition) is 3. The quantitative estimate of drug-likeness (QED) is 0.391. The molecule has 2 aromatic carbocycles. The van der Waals surface area contributed by atoms with Crippen molar-refractivity contribution in [2.45, 2.75) is 94.1 Å². The number of aliphatic carboxylic acids is 1. The highest BCUT2D eigenvalue weighted by atomic mass is 35.5. The van der Waals surface area contributed by atoms with Crippen molar-refractivity contribution in [3.05, 3.63) is 69.2 Å². The van der Waals surface area contributed by atoms with Crippen LogP contribution < -0.4 is 0 Å². The van der Waals surface area contributed by atoms with Crippen LogP contribution in [0.4, 0.5) is 17.6 Å². The standard InChI is InChI=1S/C31H34ClF4NO4/c1-18-15-19(3-7-24(18)32)17-29-13-14-37(27(40)30(41)11-9-20(10-12-30)26(38)39)25(29)8-4-21-16-22(5-6-23(21)29)28(2,33)31(34,35)36/h3,5-7,15-16,20,25,41H,4,8-14,17H2,1-2H3,(H,38,39). The lowest BCUT2D eigenvalue weighted by Gasteiger charge is -2.46. The minimum atomic E-state index is -5.07. The number of carbonyl (C=O) groups is 2. The zero-order valence-electron chi connectivity index (χ0n) is 23.0. The fourth-order valence-electron chi connectivity index (χ4n) is 7.27. The molecule has 1 saturated carbocycles. The summed E-state index contributed by atoms with van der Waals surface area (Å²) in [5.41, 5.74) is -3.03. The second kappa shape index (κ2) is 10.3. The number of fused-ring (bicyclic) bond motifs is 3. The number of rotatable bonds is 5. The fraction of sp³-hybridized carbons (Fsp3) is 0.548. The van der Waals surface area contributed by atoms with Crippen LogP contribution in [0.25, 0.3) is 0 Å². The van der Waals surface area contributed by atoms with Gasteiger partial charge < -0.3 is 15.1 Å². The Labute approximate surface area is 241 Å². The van der Waals surface area contributed by atoms with Crippen molar-refractivity contribution in [3.8, 4) is 0 Å². The lowest BCUT2D eigenvalue weighted by molar-refractivity contribution is -0.228. The van der Waals surface area contributed by atoms with E-state index in [1.165, 1.54) is 12.1 Å². The lowest BCUT2D eigenvalue weighted by Crippen LogP contribution is -2.56. The Kier molecular flexibility index (Phi) is 7.47. The number of alkyl halides is 4. The molecule has 10 heteroatoms. The summed E-state index contributed by atoms with van der Waals surface area (Å²) in [6.07, 6.45) is -2.75. The van der Waals surface area contributed by atoms with Gasteiger partial charge in [0.15, 0.2) is 0 Å². The number of hydrogen-bond donors (Lipinski definition) is 2. The summed E-state index contributed by atoms with van der Waals surface area (Å²) in [4.78, 5) is 27.0. The minimum Gasteiger partial charge on any atom is -0.481 e. The Hall–Kier alpha value is -2.65. The monoisotopic (exact) mass is 595 g/mol. The number of benzene rings is 2. The van der Waals surface area contributed by atoms with Crippen LogP contribution in [0.5, 0.6) is 0 Å². The molecule has 0 spiro atoms. The molecule has 0 radical (unpaired) electrons. The van der Waals surface area contributed by atoms with Crippen LogP contribution in [-0.4, -0.2) is 51.4 Å². The van der Waals surface area contributed by atoms with Gasteiger partial charge in [-0.1, -0.05) is 41.9 Å². The Morgan fingerprint density at radius 1 is 1.05 bits per heavy atom. The van der Waals surface area contributed by atoms with Gasteiger partial charge in [0.05, 0.1) is 5.92 Å². The number of carboxylic acids is 1. The van der Waals surface area contributed by atoms with Crippen molar-refractivity contribution in [1.29, 1.82) is 0 Å². The zero-order valence-corrected chi connectivity index (χ0v) is 23.8. The van der Waals surface area contributed by atoms with E-state index in [1.807, 2.05) is 19.1 Å². The van der Waals surface area contributed by atoms with Gasteiger partial charge in [-0.3, -0.25) is 9.59 Å². The molecule has 3 atom stereocenters. The predicted octanol–water partition coefficient (Wildman–Crippen LogP) is 6.43. The summed E-state index contributed by atoms with van der Waals surface area (Å²) in [6, 6.07) is 9.42. The van der Waals surface area contributed by atoms with E-state index in [0.29, 0.717) is 49.7 Å². The molecule has 2 N–H and O–H groups in total. The first-order chi connectivity index (χ1) is 19.1. The fourth-order valence-corrected chi connectivity index (χ4v) is 7.39. The maximum atomic E-state index is 14.9. The first-order valence-corrected chi connectivity index (χ1v) is 14.4. The molecule has 5 nitrogen and oxygen atoms in total. The third-order valence-electron chi connectivity index (χ3n) is 9.78. The largest absolute Gasteiger partial charge is 0.481 e. The third-order valence-corrected chi connectivity index (χ3v) is 10.2. The van der Waals surface area contributed by atoms with Gasteiger partial charge in [0.25, 0.3) is 5.91 Å². The lowest BCUT2D eigenvalue weighted by atomic mass is 9.63. The molecular weight excluding hydrogens is 562 g/mol. The number of aliphatic hydroxyl groups is 1. The number of aryl methyl sites for hydroxylation is 2. The SMILES string of the molecule is Cc1cc(CC23CCN(C(=O)C4(O)CCC(C(=O)O)CC4)C2CCc2cc(C(C)(F)C(F)(F)F)ccc23)ccc1Cl. The van der Waals surface area contributed by atoms with Crippen molar-refractivity contribution >= 4 is 23.5 Å². The van der Waals surface area contributed by atoms with Crippen molar-refractivity contribution in [2.24, 2.45) is 5.92 Å². The summed E-state index contributed by atoms with van der Waals surface area (Å²) >= 11 is 6.26. The molecule has 5 rings (SSSR count). The van der Waals surface area contributed by atoms with Crippen LogP contribution in [0, 0.1) is 12.8 Å². The topological polar surface area (TPSA) is 77.8 Å². The van der Waals surface area contributed by atoms with Gasteiger partial charge in [-0.05, 0) is 99.1 Å². The Balaban J connectivity index is 1.53. The van der Waals surface area contributed by atoms with Gasteiger partial charge in [-0.25, -0.2) is 4.39 Å². The molecule has 1 amide bonds. The molecule has 2 aliphatic carbocycles. The molecular formula is C31H34ClF4NO4. The van der Waals surface area contributed by atoms with Crippen LogP contribution in [-0.2, 0) is 33.5 Å². The molecule has 1 aliphatic heterocycles. The van der Waals surface area contributed by atoms with Crippen molar-refractivity contribution in [1.82, 2.24) is 4.90 Å². The number of amides is 1. The van der Waals surface area contributed by atoms with E-state index < -0.39 is 46.2 Å². The average molecular weight is 596 g/mol. The first-order valence-electron chi connectivity index (χ1n) is 14.0. The Morgan fingerprint density at radius 2 is 1.73 bits per heavy atom. The number of carbonyl (C=O) groups excluding carboxylic acids is 1. The van der Waals surface area contributed by atoms with Gasteiger partial charge in [-0.2, -0.15) is 13.2 Å². The molecule has 2 aromatic rings. The molecule has 41 heavy (non-hydrogen) atoms. The van der Waals surface area contributed by atoms with Crippen molar-refractivity contribution in [3.63, 3.8) is 0 Å². The molecule has 3 aliphatic rings. The van der Waals surface area contributed by atoms with Crippen LogP contribution in [0.3, 0.4) is 0 Å². The second-order valence-corrected chi connectivity index (χ2v) is 12.6. The second-order valence-electron chi connectivity index (χ2n) is 12.2. The van der Waals surface area contributed by atoms with Crippen LogP contribution in [0.1, 0.15) is 73.3 Å². The van der Waals surface area contributed by atoms with Crippen LogP contribution >= 0.6 is 11.6 Å². The summed E-state index contributed by atoms with van der Waals surface area (Å²) in [7, 11) is 0. The number of carboxylic acid groups (broad SMARTS) is 1.